The van der Waals surface area contributed by atoms with E-state index in [2.05, 4.69) is 14.7 Å². The highest BCUT2D eigenvalue weighted by molar-refractivity contribution is 7.92. The van der Waals surface area contributed by atoms with Crippen LogP contribution in [0.25, 0.3) is 0 Å². The van der Waals surface area contributed by atoms with Crippen LogP contribution in [-0.4, -0.2) is 18.4 Å². The van der Waals surface area contributed by atoms with Gasteiger partial charge < -0.3 is 4.74 Å². The van der Waals surface area contributed by atoms with Gasteiger partial charge in [-0.2, -0.15) is 0 Å². The van der Waals surface area contributed by atoms with E-state index < -0.39 is 26.6 Å². The standard InChI is InChI=1S/C16H11F2N3O3S/c17-11-6-12(18)8-15(7-11)25(22,23)21-13-2-1-3-14(9-13)24-16-10-19-4-5-20-16/h1-10,21H. The van der Waals surface area contributed by atoms with Crippen LogP contribution in [0.15, 0.2) is 66.0 Å². The lowest BCUT2D eigenvalue weighted by atomic mass is 10.3. The number of hydrogen-bond donors (Lipinski definition) is 1. The van der Waals surface area contributed by atoms with Gasteiger partial charge in [0.05, 0.1) is 16.8 Å². The Morgan fingerprint density at radius 3 is 2.44 bits per heavy atom. The van der Waals surface area contributed by atoms with E-state index in [4.69, 9.17) is 4.74 Å². The average Bonchev–Trinajstić information content (AvgIpc) is 2.55. The number of sulfonamides is 1. The van der Waals surface area contributed by atoms with Crippen molar-refractivity contribution in [1.82, 2.24) is 9.97 Å². The molecule has 3 rings (SSSR count). The van der Waals surface area contributed by atoms with Gasteiger partial charge in [0.2, 0.25) is 5.88 Å². The Balaban J connectivity index is 1.84. The summed E-state index contributed by atoms with van der Waals surface area (Å²) in [4.78, 5) is 7.26. The van der Waals surface area contributed by atoms with Gasteiger partial charge in [0.1, 0.15) is 17.4 Å². The van der Waals surface area contributed by atoms with Gasteiger partial charge in [-0.1, -0.05) is 6.07 Å². The number of hydrogen-bond acceptors (Lipinski definition) is 5. The molecule has 1 heterocycles. The molecule has 0 saturated heterocycles. The number of rotatable bonds is 5. The Kier molecular flexibility index (Phi) is 4.57. The smallest absolute Gasteiger partial charge is 0.262 e. The van der Waals surface area contributed by atoms with Crippen molar-refractivity contribution in [1.29, 1.82) is 0 Å². The normalized spacial score (nSPS) is 11.1. The molecule has 0 amide bonds. The van der Waals surface area contributed by atoms with Crippen LogP contribution in [0.4, 0.5) is 14.5 Å². The van der Waals surface area contributed by atoms with Crippen molar-refractivity contribution in [2.24, 2.45) is 0 Å². The molecule has 1 aromatic heterocycles. The fraction of sp³-hybridized carbons (Fsp3) is 0. The molecule has 3 aromatic rings. The van der Waals surface area contributed by atoms with E-state index in [9.17, 15) is 17.2 Å². The second kappa shape index (κ2) is 6.81. The Bertz CT molecular complexity index is 978. The fourth-order valence-corrected chi connectivity index (χ4v) is 3.07. The number of benzene rings is 2. The van der Waals surface area contributed by atoms with Gasteiger partial charge >= 0.3 is 0 Å². The number of nitrogens with zero attached hydrogens (tertiary/aromatic N) is 2. The molecule has 0 radical (unpaired) electrons. The molecular weight excluding hydrogens is 352 g/mol. The number of halogens is 2. The molecule has 0 aliphatic carbocycles. The Hall–Kier alpha value is -3.07. The molecule has 9 heteroatoms. The van der Waals surface area contributed by atoms with Crippen LogP contribution >= 0.6 is 0 Å². The minimum atomic E-state index is -4.16. The highest BCUT2D eigenvalue weighted by Gasteiger charge is 2.17. The van der Waals surface area contributed by atoms with E-state index in [0.29, 0.717) is 11.8 Å². The lowest BCUT2D eigenvalue weighted by Gasteiger charge is -2.10. The molecule has 0 aliphatic rings. The van der Waals surface area contributed by atoms with Crippen LogP contribution in [0.3, 0.4) is 0 Å². The third-order valence-corrected chi connectivity index (χ3v) is 4.36. The number of anilines is 1. The van der Waals surface area contributed by atoms with Crippen LogP contribution < -0.4 is 9.46 Å². The zero-order valence-corrected chi connectivity index (χ0v) is 13.4. The number of nitrogens with one attached hydrogen (secondary N) is 1. The predicted octanol–water partition coefficient (Wildman–Crippen LogP) is 3.35. The second-order valence-corrected chi connectivity index (χ2v) is 6.57. The molecular formula is C16H11F2N3O3S. The van der Waals surface area contributed by atoms with E-state index in [1.807, 2.05) is 0 Å². The third kappa shape index (κ3) is 4.27. The molecule has 0 unspecified atom stereocenters. The van der Waals surface area contributed by atoms with Gasteiger partial charge in [0, 0.05) is 24.5 Å². The van der Waals surface area contributed by atoms with Gasteiger partial charge in [0.15, 0.2) is 0 Å². The first-order valence-corrected chi connectivity index (χ1v) is 8.43. The first-order chi connectivity index (χ1) is 11.9. The van der Waals surface area contributed by atoms with Crippen LogP contribution in [0, 0.1) is 11.6 Å². The summed E-state index contributed by atoms with van der Waals surface area (Å²) in [6.45, 7) is 0. The summed E-state index contributed by atoms with van der Waals surface area (Å²) < 4.78 is 58.7. The van der Waals surface area contributed by atoms with Crippen LogP contribution in [0.1, 0.15) is 0 Å². The van der Waals surface area contributed by atoms with Crippen LogP contribution in [0.2, 0.25) is 0 Å². The maximum absolute atomic E-state index is 13.2. The van der Waals surface area contributed by atoms with Crippen molar-refractivity contribution in [2.75, 3.05) is 4.72 Å². The van der Waals surface area contributed by atoms with Crippen molar-refractivity contribution in [2.45, 2.75) is 4.90 Å². The summed E-state index contributed by atoms with van der Waals surface area (Å²) in [5.74, 6) is -1.43. The Morgan fingerprint density at radius 1 is 1.00 bits per heavy atom. The van der Waals surface area contributed by atoms with Crippen molar-refractivity contribution >= 4 is 15.7 Å². The minimum absolute atomic E-state index is 0.158. The topological polar surface area (TPSA) is 81.2 Å². The lowest BCUT2D eigenvalue weighted by Crippen LogP contribution is -2.13. The van der Waals surface area contributed by atoms with E-state index >= 15 is 0 Å². The lowest BCUT2D eigenvalue weighted by molar-refractivity contribution is 0.460. The number of aromatic nitrogens is 2. The quantitative estimate of drug-likeness (QED) is 0.752. The molecule has 6 nitrogen and oxygen atoms in total. The maximum atomic E-state index is 13.2. The van der Waals surface area contributed by atoms with Crippen LogP contribution in [-0.2, 0) is 10.0 Å². The van der Waals surface area contributed by atoms with E-state index in [1.54, 1.807) is 12.1 Å². The molecule has 1 N–H and O–H groups in total. The summed E-state index contributed by atoms with van der Waals surface area (Å²) in [5.41, 5.74) is 0.158. The van der Waals surface area contributed by atoms with Crippen molar-refractivity contribution in [3.8, 4) is 11.6 Å². The van der Waals surface area contributed by atoms with Crippen LogP contribution in [0.5, 0.6) is 11.6 Å². The molecule has 0 atom stereocenters. The summed E-state index contributed by atoms with van der Waals surface area (Å²) in [5, 5.41) is 0. The minimum Gasteiger partial charge on any atom is -0.437 e. The first-order valence-electron chi connectivity index (χ1n) is 6.95. The Morgan fingerprint density at radius 2 is 1.76 bits per heavy atom. The number of ether oxygens (including phenoxy) is 1. The molecule has 0 spiro atoms. The molecule has 0 saturated carbocycles. The molecule has 0 bridgehead atoms. The molecule has 128 valence electrons. The highest BCUT2D eigenvalue weighted by Crippen LogP contribution is 2.24. The van der Waals surface area contributed by atoms with Gasteiger partial charge in [-0.05, 0) is 24.3 Å². The first kappa shape index (κ1) is 16.8. The molecule has 0 fully saturated rings. The maximum Gasteiger partial charge on any atom is 0.262 e. The third-order valence-electron chi connectivity index (χ3n) is 2.99. The highest BCUT2D eigenvalue weighted by atomic mass is 32.2. The van der Waals surface area contributed by atoms with Gasteiger partial charge in [-0.3, -0.25) is 9.71 Å². The molecule has 2 aromatic carbocycles. The predicted molar refractivity (Wildman–Crippen MR) is 85.7 cm³/mol. The second-order valence-electron chi connectivity index (χ2n) is 4.88. The summed E-state index contributed by atoms with van der Waals surface area (Å²) in [6.07, 6.45) is 4.32. The Labute approximate surface area is 142 Å². The fourth-order valence-electron chi connectivity index (χ4n) is 1.98. The molecule has 25 heavy (non-hydrogen) atoms. The zero-order valence-electron chi connectivity index (χ0n) is 12.6. The summed E-state index contributed by atoms with van der Waals surface area (Å²) in [6, 6.07) is 8.06. The van der Waals surface area contributed by atoms with E-state index in [-0.39, 0.29) is 11.6 Å². The monoisotopic (exact) mass is 363 g/mol. The van der Waals surface area contributed by atoms with Gasteiger partial charge in [-0.25, -0.2) is 22.2 Å². The van der Waals surface area contributed by atoms with Gasteiger partial charge in [-0.15, -0.1) is 0 Å². The van der Waals surface area contributed by atoms with E-state index in [0.717, 1.165) is 12.1 Å². The van der Waals surface area contributed by atoms with E-state index in [1.165, 1.54) is 30.7 Å². The SMILES string of the molecule is O=S(=O)(Nc1cccc(Oc2cnccn2)c1)c1cc(F)cc(F)c1. The summed E-state index contributed by atoms with van der Waals surface area (Å²) >= 11 is 0. The largest absolute Gasteiger partial charge is 0.437 e. The van der Waals surface area contributed by atoms with Crippen molar-refractivity contribution in [3.63, 3.8) is 0 Å². The van der Waals surface area contributed by atoms with Crippen molar-refractivity contribution in [3.05, 3.63) is 72.7 Å². The van der Waals surface area contributed by atoms with Gasteiger partial charge in [0.25, 0.3) is 10.0 Å². The average molecular weight is 363 g/mol. The van der Waals surface area contributed by atoms with Crippen molar-refractivity contribution < 1.29 is 21.9 Å². The zero-order chi connectivity index (χ0) is 17.9. The summed E-state index contributed by atoms with van der Waals surface area (Å²) in [7, 11) is -4.16. The molecule has 0 aliphatic heterocycles.